The van der Waals surface area contributed by atoms with E-state index in [0.717, 1.165) is 5.69 Å². The van der Waals surface area contributed by atoms with Crippen LogP contribution in [0, 0.1) is 0 Å². The van der Waals surface area contributed by atoms with Gasteiger partial charge in [0.2, 0.25) is 0 Å². The summed E-state index contributed by atoms with van der Waals surface area (Å²) in [5.74, 6) is 0.244. The van der Waals surface area contributed by atoms with Gasteiger partial charge in [0.1, 0.15) is 5.60 Å². The van der Waals surface area contributed by atoms with Gasteiger partial charge in [0.25, 0.3) is 0 Å². The largest absolute Gasteiger partial charge is 0.383 e. The highest BCUT2D eigenvalue weighted by molar-refractivity contribution is 6.31. The maximum atomic E-state index is 10.5. The summed E-state index contributed by atoms with van der Waals surface area (Å²) < 4.78 is 0. The number of anilines is 1. The Morgan fingerprint density at radius 3 is 2.48 bits per heavy atom. The summed E-state index contributed by atoms with van der Waals surface area (Å²) >= 11 is 6.10. The smallest absolute Gasteiger partial charge is 0.193 e. The summed E-state index contributed by atoms with van der Waals surface area (Å²) in [6.07, 6.45) is 0. The zero-order valence-corrected chi connectivity index (χ0v) is 12.5. The Morgan fingerprint density at radius 1 is 1.19 bits per heavy atom. The Bertz CT molecular complexity index is 626. The number of benzene rings is 2. The average Bonchev–Trinajstić information content (AvgIpc) is 2.47. The van der Waals surface area contributed by atoms with E-state index in [1.165, 1.54) is 0 Å². The zero-order chi connectivity index (χ0) is 15.3. The van der Waals surface area contributed by atoms with E-state index < -0.39 is 5.60 Å². The molecule has 0 aromatic heterocycles. The Morgan fingerprint density at radius 2 is 1.81 bits per heavy atom. The molecule has 4 nitrogen and oxygen atoms in total. The Hall–Kier alpha value is -2.04. The van der Waals surface area contributed by atoms with E-state index in [9.17, 15) is 5.11 Å². The molecule has 5 heteroatoms. The summed E-state index contributed by atoms with van der Waals surface area (Å²) in [6.45, 7) is 1.77. The van der Waals surface area contributed by atoms with Crippen LogP contribution in [0.2, 0.25) is 5.02 Å². The first-order valence-corrected chi connectivity index (χ1v) is 6.96. The normalized spacial score (nSPS) is 14.5. The maximum absolute atomic E-state index is 10.5. The minimum Gasteiger partial charge on any atom is -0.383 e. The number of nitrogens with two attached hydrogens (primary N) is 1. The van der Waals surface area contributed by atoms with Crippen molar-refractivity contribution in [1.29, 1.82) is 0 Å². The molecule has 0 radical (unpaired) electrons. The molecule has 0 saturated carbocycles. The predicted molar refractivity (Wildman–Crippen MR) is 87.6 cm³/mol. The van der Waals surface area contributed by atoms with Gasteiger partial charge in [-0.15, -0.1) is 0 Å². The van der Waals surface area contributed by atoms with E-state index in [1.807, 2.05) is 42.5 Å². The van der Waals surface area contributed by atoms with Crippen molar-refractivity contribution in [2.45, 2.75) is 12.5 Å². The van der Waals surface area contributed by atoms with Gasteiger partial charge < -0.3 is 16.2 Å². The number of rotatable bonds is 4. The summed E-state index contributed by atoms with van der Waals surface area (Å²) in [5.41, 5.74) is 6.12. The molecular formula is C16H18ClN3O. The number of hydrogen-bond acceptors (Lipinski definition) is 2. The first kappa shape index (κ1) is 15.4. The molecule has 0 aliphatic carbocycles. The van der Waals surface area contributed by atoms with Crippen molar-refractivity contribution in [2.75, 3.05) is 11.9 Å². The number of nitrogens with zero attached hydrogens (tertiary/aromatic N) is 1. The zero-order valence-electron chi connectivity index (χ0n) is 11.8. The third-order valence-electron chi connectivity index (χ3n) is 3.06. The highest BCUT2D eigenvalue weighted by Crippen LogP contribution is 2.27. The number of para-hydroxylation sites is 1. The standard InChI is InChI=1S/C16H18ClN3O/c1-16(21,13-9-5-6-10-14(13)17)11-19-15(18)20-12-7-3-2-4-8-12/h2-10,21H,11H2,1H3,(H3,18,19,20). The summed E-state index contributed by atoms with van der Waals surface area (Å²) in [6, 6.07) is 16.6. The number of aliphatic hydroxyl groups is 1. The molecule has 0 aliphatic rings. The van der Waals surface area contributed by atoms with Gasteiger partial charge >= 0.3 is 0 Å². The van der Waals surface area contributed by atoms with Crippen LogP contribution in [-0.4, -0.2) is 17.6 Å². The van der Waals surface area contributed by atoms with Gasteiger partial charge in [0.05, 0.1) is 6.54 Å². The Kier molecular flexibility index (Phi) is 4.83. The van der Waals surface area contributed by atoms with Crippen LogP contribution < -0.4 is 11.1 Å². The fraction of sp³-hybridized carbons (Fsp3) is 0.188. The van der Waals surface area contributed by atoms with Crippen molar-refractivity contribution >= 4 is 23.2 Å². The molecule has 0 heterocycles. The number of guanidine groups is 1. The molecule has 21 heavy (non-hydrogen) atoms. The van der Waals surface area contributed by atoms with Crippen LogP contribution in [0.25, 0.3) is 0 Å². The summed E-state index contributed by atoms with van der Waals surface area (Å²) in [5, 5.41) is 14.0. The number of aliphatic imine (C=N–C) groups is 1. The second-order valence-corrected chi connectivity index (χ2v) is 5.35. The quantitative estimate of drug-likeness (QED) is 0.601. The predicted octanol–water partition coefficient (Wildman–Crippen LogP) is 2.97. The van der Waals surface area contributed by atoms with Gasteiger partial charge in [-0.05, 0) is 25.1 Å². The summed E-state index contributed by atoms with van der Waals surface area (Å²) in [4.78, 5) is 4.18. The van der Waals surface area contributed by atoms with Gasteiger partial charge in [0.15, 0.2) is 5.96 Å². The van der Waals surface area contributed by atoms with Gasteiger partial charge in [-0.2, -0.15) is 0 Å². The molecule has 2 rings (SSSR count). The van der Waals surface area contributed by atoms with E-state index >= 15 is 0 Å². The minimum atomic E-state index is -1.18. The van der Waals surface area contributed by atoms with Crippen LogP contribution in [-0.2, 0) is 5.60 Å². The molecule has 110 valence electrons. The fourth-order valence-electron chi connectivity index (χ4n) is 1.93. The molecule has 0 fully saturated rings. The molecule has 0 bridgehead atoms. The van der Waals surface area contributed by atoms with E-state index in [4.69, 9.17) is 17.3 Å². The summed E-state index contributed by atoms with van der Waals surface area (Å²) in [7, 11) is 0. The van der Waals surface area contributed by atoms with Gasteiger partial charge in [0, 0.05) is 16.3 Å². The molecule has 0 spiro atoms. The number of nitrogens with one attached hydrogen (secondary N) is 1. The second kappa shape index (κ2) is 6.61. The highest BCUT2D eigenvalue weighted by atomic mass is 35.5. The fourth-order valence-corrected chi connectivity index (χ4v) is 2.27. The monoisotopic (exact) mass is 303 g/mol. The van der Waals surface area contributed by atoms with Crippen LogP contribution >= 0.6 is 11.6 Å². The average molecular weight is 304 g/mol. The third-order valence-corrected chi connectivity index (χ3v) is 3.39. The lowest BCUT2D eigenvalue weighted by atomic mass is 9.96. The van der Waals surface area contributed by atoms with Crippen LogP contribution in [0.5, 0.6) is 0 Å². The van der Waals surface area contributed by atoms with Crippen LogP contribution in [0.1, 0.15) is 12.5 Å². The molecule has 0 amide bonds. The van der Waals surface area contributed by atoms with Crippen LogP contribution in [0.3, 0.4) is 0 Å². The molecule has 1 unspecified atom stereocenters. The molecule has 2 aromatic rings. The number of hydrogen-bond donors (Lipinski definition) is 3. The van der Waals surface area contributed by atoms with Gasteiger partial charge in [-0.25, -0.2) is 4.99 Å². The van der Waals surface area contributed by atoms with Crippen molar-refractivity contribution in [2.24, 2.45) is 10.7 Å². The lowest BCUT2D eigenvalue weighted by molar-refractivity contribution is 0.0675. The van der Waals surface area contributed by atoms with E-state index in [1.54, 1.807) is 19.1 Å². The van der Waals surface area contributed by atoms with Crippen molar-refractivity contribution in [1.82, 2.24) is 0 Å². The van der Waals surface area contributed by atoms with E-state index in [-0.39, 0.29) is 12.5 Å². The highest BCUT2D eigenvalue weighted by Gasteiger charge is 2.25. The SMILES string of the molecule is CC(O)(CN=C(N)Nc1ccccc1)c1ccccc1Cl. The van der Waals surface area contributed by atoms with Crippen molar-refractivity contribution in [3.05, 3.63) is 65.2 Å². The van der Waals surface area contributed by atoms with Gasteiger partial charge in [-0.3, -0.25) is 0 Å². The topological polar surface area (TPSA) is 70.6 Å². The first-order valence-electron chi connectivity index (χ1n) is 6.58. The molecule has 2 aromatic carbocycles. The Balaban J connectivity index is 2.07. The molecule has 4 N–H and O–H groups in total. The third kappa shape index (κ3) is 4.21. The molecule has 0 saturated heterocycles. The van der Waals surface area contributed by atoms with E-state index in [2.05, 4.69) is 10.3 Å². The second-order valence-electron chi connectivity index (χ2n) is 4.95. The van der Waals surface area contributed by atoms with Crippen molar-refractivity contribution in [3.8, 4) is 0 Å². The Labute approximate surface area is 129 Å². The maximum Gasteiger partial charge on any atom is 0.193 e. The van der Waals surface area contributed by atoms with E-state index in [0.29, 0.717) is 10.6 Å². The molecule has 0 aliphatic heterocycles. The van der Waals surface area contributed by atoms with Crippen molar-refractivity contribution < 1.29 is 5.11 Å². The van der Waals surface area contributed by atoms with Gasteiger partial charge in [-0.1, -0.05) is 48.0 Å². The molecule has 1 atom stereocenters. The molecular weight excluding hydrogens is 286 g/mol. The lowest BCUT2D eigenvalue weighted by Crippen LogP contribution is -2.29. The minimum absolute atomic E-state index is 0.113. The lowest BCUT2D eigenvalue weighted by Gasteiger charge is -2.23. The number of halogens is 1. The van der Waals surface area contributed by atoms with Crippen LogP contribution in [0.4, 0.5) is 5.69 Å². The van der Waals surface area contributed by atoms with Crippen molar-refractivity contribution in [3.63, 3.8) is 0 Å². The first-order chi connectivity index (χ1) is 9.99. The van der Waals surface area contributed by atoms with Crippen LogP contribution in [0.15, 0.2) is 59.6 Å².